The third-order valence-corrected chi connectivity index (χ3v) is 3.50. The Labute approximate surface area is 114 Å². The number of hydrogen-bond donors (Lipinski definition) is 1. The summed E-state index contributed by atoms with van der Waals surface area (Å²) >= 11 is 9.48. The maximum absolute atomic E-state index is 6.09. The Hall–Kier alpha value is -1.00. The van der Waals surface area contributed by atoms with Crippen LogP contribution in [0.4, 0.5) is 5.82 Å². The molecule has 1 heterocycles. The second kappa shape index (κ2) is 4.70. The van der Waals surface area contributed by atoms with Crippen molar-refractivity contribution in [2.75, 3.05) is 5.73 Å². The van der Waals surface area contributed by atoms with Crippen molar-refractivity contribution in [3.8, 4) is 11.3 Å². The van der Waals surface area contributed by atoms with Gasteiger partial charge in [-0.2, -0.15) is 0 Å². The van der Waals surface area contributed by atoms with Gasteiger partial charge < -0.3 is 10.3 Å². The number of anilines is 1. The molecule has 5 heteroatoms. The predicted molar refractivity (Wildman–Crippen MR) is 75.2 cm³/mol. The Morgan fingerprint density at radius 3 is 2.71 bits per heavy atom. The highest BCUT2D eigenvalue weighted by Crippen LogP contribution is 2.34. The highest BCUT2D eigenvalue weighted by atomic mass is 79.9. The lowest BCUT2D eigenvalue weighted by Gasteiger charge is -2.09. The molecular weight excluding hydrogens is 302 g/mol. The molecule has 0 saturated heterocycles. The van der Waals surface area contributed by atoms with Crippen LogP contribution in [0.2, 0.25) is 5.02 Å². The van der Waals surface area contributed by atoms with Crippen LogP contribution in [0.15, 0.2) is 29.0 Å². The van der Waals surface area contributed by atoms with Gasteiger partial charge in [0.15, 0.2) is 0 Å². The molecule has 0 aliphatic carbocycles. The zero-order chi connectivity index (χ0) is 12.6. The second-order valence-electron chi connectivity index (χ2n) is 4.10. The smallest absolute Gasteiger partial charge is 0.131 e. The molecule has 3 nitrogen and oxygen atoms in total. The van der Waals surface area contributed by atoms with Gasteiger partial charge in [0.25, 0.3) is 0 Å². The van der Waals surface area contributed by atoms with E-state index in [2.05, 4.69) is 34.8 Å². The van der Waals surface area contributed by atoms with Crippen molar-refractivity contribution in [3.63, 3.8) is 0 Å². The van der Waals surface area contributed by atoms with E-state index in [0.29, 0.717) is 10.8 Å². The average Bonchev–Trinajstić information content (AvgIpc) is 2.64. The number of aromatic nitrogens is 2. The summed E-state index contributed by atoms with van der Waals surface area (Å²) in [6.07, 6.45) is 1.75. The Morgan fingerprint density at radius 1 is 1.41 bits per heavy atom. The molecule has 2 N–H and O–H groups in total. The molecule has 2 aromatic rings. The first-order chi connectivity index (χ1) is 8.00. The molecule has 0 amide bonds. The lowest BCUT2D eigenvalue weighted by atomic mass is 10.1. The molecule has 0 unspecified atom stereocenters. The van der Waals surface area contributed by atoms with Crippen LogP contribution >= 0.6 is 27.5 Å². The first-order valence-electron chi connectivity index (χ1n) is 5.28. The van der Waals surface area contributed by atoms with E-state index in [-0.39, 0.29) is 6.04 Å². The largest absolute Gasteiger partial charge is 0.383 e. The van der Waals surface area contributed by atoms with E-state index in [4.69, 9.17) is 17.3 Å². The first kappa shape index (κ1) is 12.5. The lowest BCUT2D eigenvalue weighted by molar-refractivity contribution is 0.607. The van der Waals surface area contributed by atoms with E-state index >= 15 is 0 Å². The zero-order valence-electron chi connectivity index (χ0n) is 9.61. The molecule has 90 valence electrons. The molecule has 0 atom stereocenters. The summed E-state index contributed by atoms with van der Waals surface area (Å²) in [6.45, 7) is 4.13. The normalized spacial score (nSPS) is 11.1. The molecule has 0 aliphatic rings. The summed E-state index contributed by atoms with van der Waals surface area (Å²) in [5.41, 5.74) is 7.76. The van der Waals surface area contributed by atoms with E-state index in [1.807, 2.05) is 22.8 Å². The first-order valence-corrected chi connectivity index (χ1v) is 6.45. The van der Waals surface area contributed by atoms with Gasteiger partial charge in [0.2, 0.25) is 0 Å². The molecule has 0 aliphatic heterocycles. The Kier molecular flexibility index (Phi) is 3.45. The fourth-order valence-corrected chi connectivity index (χ4v) is 2.28. The summed E-state index contributed by atoms with van der Waals surface area (Å²) < 4.78 is 2.87. The minimum absolute atomic E-state index is 0.286. The van der Waals surface area contributed by atoms with E-state index in [9.17, 15) is 0 Å². The molecule has 2 rings (SSSR count). The summed E-state index contributed by atoms with van der Waals surface area (Å²) in [6, 6.07) is 5.86. The molecule has 1 aromatic heterocycles. The fraction of sp³-hybridized carbons (Fsp3) is 0.250. The van der Waals surface area contributed by atoms with Crippen LogP contribution in [-0.4, -0.2) is 9.55 Å². The molecule has 0 bridgehead atoms. The summed E-state index contributed by atoms with van der Waals surface area (Å²) in [4.78, 5) is 4.36. The van der Waals surface area contributed by atoms with Crippen LogP contribution in [0.5, 0.6) is 0 Å². The average molecular weight is 315 g/mol. The maximum atomic E-state index is 6.09. The van der Waals surface area contributed by atoms with Crippen LogP contribution in [0, 0.1) is 0 Å². The Morgan fingerprint density at radius 2 is 2.12 bits per heavy atom. The van der Waals surface area contributed by atoms with Crippen LogP contribution in [0.3, 0.4) is 0 Å². The van der Waals surface area contributed by atoms with E-state index < -0.39 is 0 Å². The van der Waals surface area contributed by atoms with Gasteiger partial charge in [-0.05, 0) is 32.0 Å². The molecular formula is C12H13BrClN3. The minimum Gasteiger partial charge on any atom is -0.383 e. The number of nitrogens with two attached hydrogens (primary N) is 1. The van der Waals surface area contributed by atoms with Crippen LogP contribution in [0.1, 0.15) is 19.9 Å². The molecule has 0 radical (unpaired) electrons. The van der Waals surface area contributed by atoms with Crippen LogP contribution < -0.4 is 5.73 Å². The summed E-state index contributed by atoms with van der Waals surface area (Å²) in [7, 11) is 0. The van der Waals surface area contributed by atoms with E-state index in [1.165, 1.54) is 0 Å². The van der Waals surface area contributed by atoms with Gasteiger partial charge in [-0.15, -0.1) is 0 Å². The highest BCUT2D eigenvalue weighted by molar-refractivity contribution is 9.10. The second-order valence-corrected chi connectivity index (χ2v) is 5.39. The topological polar surface area (TPSA) is 43.8 Å². The fourth-order valence-electron chi connectivity index (χ4n) is 1.67. The zero-order valence-corrected chi connectivity index (χ0v) is 12.0. The maximum Gasteiger partial charge on any atom is 0.131 e. The molecule has 1 aromatic carbocycles. The van der Waals surface area contributed by atoms with Gasteiger partial charge in [-0.1, -0.05) is 27.5 Å². The third-order valence-electron chi connectivity index (χ3n) is 2.57. The van der Waals surface area contributed by atoms with Gasteiger partial charge in [0.05, 0.1) is 6.33 Å². The van der Waals surface area contributed by atoms with Gasteiger partial charge in [-0.3, -0.25) is 0 Å². The van der Waals surface area contributed by atoms with E-state index in [1.54, 1.807) is 6.33 Å². The van der Waals surface area contributed by atoms with Crippen molar-refractivity contribution >= 4 is 33.3 Å². The Balaban J connectivity index is 2.57. The molecule has 0 spiro atoms. The monoisotopic (exact) mass is 313 g/mol. The summed E-state index contributed by atoms with van der Waals surface area (Å²) in [5, 5.41) is 0.668. The van der Waals surface area contributed by atoms with Crippen molar-refractivity contribution in [1.29, 1.82) is 0 Å². The molecule has 0 saturated carbocycles. The number of hydrogen-bond acceptors (Lipinski definition) is 2. The van der Waals surface area contributed by atoms with Crippen molar-refractivity contribution in [2.45, 2.75) is 19.9 Å². The number of nitrogen functional groups attached to an aromatic ring is 1. The van der Waals surface area contributed by atoms with Gasteiger partial charge in [0, 0.05) is 21.1 Å². The van der Waals surface area contributed by atoms with Gasteiger partial charge in [0.1, 0.15) is 11.5 Å². The Bertz CT molecular complexity index is 549. The number of halogens is 2. The molecule has 0 fully saturated rings. The standard InChI is InChI=1S/C12H13BrClN3/c1-7(2)17-6-16-11(12(17)15)9-5-8(14)3-4-10(9)13/h3-7H,15H2,1-2H3. The van der Waals surface area contributed by atoms with Crippen molar-refractivity contribution < 1.29 is 0 Å². The number of benzene rings is 1. The molecule has 17 heavy (non-hydrogen) atoms. The lowest BCUT2D eigenvalue weighted by Crippen LogP contribution is -2.04. The SMILES string of the molecule is CC(C)n1cnc(-c2cc(Cl)ccc2Br)c1N. The van der Waals surface area contributed by atoms with Gasteiger partial charge in [-0.25, -0.2) is 4.98 Å². The summed E-state index contributed by atoms with van der Waals surface area (Å²) in [5.74, 6) is 0.656. The predicted octanol–water partition coefficient (Wildman–Crippen LogP) is 4.13. The van der Waals surface area contributed by atoms with Crippen LogP contribution in [0.25, 0.3) is 11.3 Å². The minimum atomic E-state index is 0.286. The number of nitrogens with zero attached hydrogens (tertiary/aromatic N) is 2. The van der Waals surface area contributed by atoms with Gasteiger partial charge >= 0.3 is 0 Å². The van der Waals surface area contributed by atoms with Crippen molar-refractivity contribution in [3.05, 3.63) is 34.0 Å². The van der Waals surface area contributed by atoms with E-state index in [0.717, 1.165) is 15.7 Å². The quantitative estimate of drug-likeness (QED) is 0.905. The van der Waals surface area contributed by atoms with Crippen molar-refractivity contribution in [1.82, 2.24) is 9.55 Å². The van der Waals surface area contributed by atoms with Crippen molar-refractivity contribution in [2.24, 2.45) is 0 Å². The highest BCUT2D eigenvalue weighted by Gasteiger charge is 2.14. The van der Waals surface area contributed by atoms with Crippen LogP contribution in [-0.2, 0) is 0 Å². The number of rotatable bonds is 2. The third kappa shape index (κ3) is 2.33. The number of imidazole rings is 1.